The molecule has 2 rings (SSSR count). The van der Waals surface area contributed by atoms with Crippen molar-refractivity contribution in [2.45, 2.75) is 18.4 Å². The quantitative estimate of drug-likeness (QED) is 0.828. The normalized spacial score (nSPS) is 11.4. The molecule has 0 amide bonds. The largest absolute Gasteiger partial charge is 0.398 e. The van der Waals surface area contributed by atoms with Gasteiger partial charge < -0.3 is 5.73 Å². The van der Waals surface area contributed by atoms with Crippen LogP contribution in [0.15, 0.2) is 47.6 Å². The van der Waals surface area contributed by atoms with Gasteiger partial charge in [0, 0.05) is 18.9 Å². The van der Waals surface area contributed by atoms with Gasteiger partial charge in [0.25, 0.3) is 0 Å². The van der Waals surface area contributed by atoms with Crippen LogP contribution in [-0.4, -0.2) is 13.4 Å². The maximum Gasteiger partial charge on any atom is 0.243 e. The Balaban J connectivity index is 2.24. The molecule has 1 heterocycles. The summed E-state index contributed by atoms with van der Waals surface area (Å²) in [5.74, 6) is 0. The second kappa shape index (κ2) is 5.38. The van der Waals surface area contributed by atoms with E-state index in [1.54, 1.807) is 49.6 Å². The van der Waals surface area contributed by atoms with Gasteiger partial charge in [0.15, 0.2) is 0 Å². The number of nitrogens with zero attached hydrogens (tertiary/aromatic N) is 1. The van der Waals surface area contributed by atoms with E-state index >= 15 is 0 Å². The number of rotatable bonds is 4. The molecule has 19 heavy (non-hydrogen) atoms. The van der Waals surface area contributed by atoms with E-state index < -0.39 is 10.0 Å². The molecule has 3 N–H and O–H groups in total. The van der Waals surface area contributed by atoms with Crippen LogP contribution in [0.1, 0.15) is 11.1 Å². The molecule has 0 aliphatic carbocycles. The lowest BCUT2D eigenvalue weighted by Crippen LogP contribution is -2.25. The molecule has 1 aromatic carbocycles. The minimum Gasteiger partial charge on any atom is -0.398 e. The Hall–Kier alpha value is -1.92. The molecule has 1 aromatic heterocycles. The van der Waals surface area contributed by atoms with Gasteiger partial charge in [-0.1, -0.05) is 18.2 Å². The number of nitrogen functional groups attached to an aromatic ring is 1. The van der Waals surface area contributed by atoms with Crippen molar-refractivity contribution in [1.29, 1.82) is 0 Å². The van der Waals surface area contributed by atoms with Crippen molar-refractivity contribution in [2.24, 2.45) is 0 Å². The topological polar surface area (TPSA) is 85.1 Å². The number of nitrogens with one attached hydrogen (secondary N) is 1. The second-order valence-corrected chi connectivity index (χ2v) is 5.88. The van der Waals surface area contributed by atoms with E-state index in [1.807, 2.05) is 0 Å². The standard InChI is InChI=1S/C13H15N3O2S/c1-10-4-2-6-12(14)13(10)19(17,18)16-9-11-5-3-7-15-8-11/h2-8,16H,9,14H2,1H3. The summed E-state index contributed by atoms with van der Waals surface area (Å²) < 4.78 is 27.0. The van der Waals surface area contributed by atoms with Crippen LogP contribution >= 0.6 is 0 Å². The van der Waals surface area contributed by atoms with Gasteiger partial charge in [0.1, 0.15) is 4.90 Å². The number of hydrogen-bond acceptors (Lipinski definition) is 4. The fourth-order valence-electron chi connectivity index (χ4n) is 1.80. The molecule has 0 aliphatic heterocycles. The van der Waals surface area contributed by atoms with Crippen LogP contribution in [0.2, 0.25) is 0 Å². The summed E-state index contributed by atoms with van der Waals surface area (Å²) in [6.07, 6.45) is 3.25. The summed E-state index contributed by atoms with van der Waals surface area (Å²) >= 11 is 0. The van der Waals surface area contributed by atoms with E-state index in [2.05, 4.69) is 9.71 Å². The molecule has 0 saturated heterocycles. The number of benzene rings is 1. The van der Waals surface area contributed by atoms with Crippen LogP contribution in [-0.2, 0) is 16.6 Å². The summed E-state index contributed by atoms with van der Waals surface area (Å²) in [6.45, 7) is 1.90. The lowest BCUT2D eigenvalue weighted by atomic mass is 10.2. The summed E-state index contributed by atoms with van der Waals surface area (Å²) in [7, 11) is -3.62. The Bertz CT molecular complexity index is 649. The van der Waals surface area contributed by atoms with Crippen LogP contribution in [0.3, 0.4) is 0 Å². The Morgan fingerprint density at radius 2 is 2.05 bits per heavy atom. The van der Waals surface area contributed by atoms with E-state index in [9.17, 15) is 8.42 Å². The van der Waals surface area contributed by atoms with E-state index in [4.69, 9.17) is 5.73 Å². The van der Waals surface area contributed by atoms with E-state index in [1.165, 1.54) is 0 Å². The first-order chi connectivity index (χ1) is 9.00. The van der Waals surface area contributed by atoms with Crippen molar-refractivity contribution >= 4 is 15.7 Å². The highest BCUT2D eigenvalue weighted by molar-refractivity contribution is 7.89. The molecule has 5 nitrogen and oxygen atoms in total. The van der Waals surface area contributed by atoms with Gasteiger partial charge in [-0.2, -0.15) is 0 Å². The number of anilines is 1. The molecule has 0 atom stereocenters. The number of pyridine rings is 1. The highest BCUT2D eigenvalue weighted by atomic mass is 32.2. The summed E-state index contributed by atoms with van der Waals surface area (Å²) in [5.41, 5.74) is 7.41. The van der Waals surface area contributed by atoms with Crippen LogP contribution in [0.25, 0.3) is 0 Å². The van der Waals surface area contributed by atoms with Crippen molar-refractivity contribution in [1.82, 2.24) is 9.71 Å². The highest BCUT2D eigenvalue weighted by Gasteiger charge is 2.19. The average Bonchev–Trinajstić information content (AvgIpc) is 2.37. The second-order valence-electron chi connectivity index (χ2n) is 4.18. The molecule has 0 unspecified atom stereocenters. The highest BCUT2D eigenvalue weighted by Crippen LogP contribution is 2.22. The van der Waals surface area contributed by atoms with Crippen LogP contribution in [0, 0.1) is 6.92 Å². The van der Waals surface area contributed by atoms with E-state index in [-0.39, 0.29) is 17.1 Å². The predicted molar refractivity (Wildman–Crippen MR) is 73.9 cm³/mol. The van der Waals surface area contributed by atoms with E-state index in [0.29, 0.717) is 5.56 Å². The maximum absolute atomic E-state index is 12.2. The van der Waals surface area contributed by atoms with Gasteiger partial charge in [-0.25, -0.2) is 13.1 Å². The first kappa shape index (κ1) is 13.5. The Labute approximate surface area is 112 Å². The van der Waals surface area contributed by atoms with Crippen molar-refractivity contribution in [3.63, 3.8) is 0 Å². The molecule has 2 aromatic rings. The Kier molecular flexibility index (Phi) is 3.82. The zero-order valence-corrected chi connectivity index (χ0v) is 11.3. The summed E-state index contributed by atoms with van der Waals surface area (Å²) in [5, 5.41) is 0. The number of sulfonamides is 1. The zero-order valence-electron chi connectivity index (χ0n) is 10.5. The van der Waals surface area contributed by atoms with Gasteiger partial charge in [-0.15, -0.1) is 0 Å². The zero-order chi connectivity index (χ0) is 13.9. The number of aryl methyl sites for hydroxylation is 1. The predicted octanol–water partition coefficient (Wildman–Crippen LogP) is 1.45. The SMILES string of the molecule is Cc1cccc(N)c1S(=O)(=O)NCc1cccnc1. The molecular weight excluding hydrogens is 262 g/mol. The third-order valence-corrected chi connectivity index (χ3v) is 4.32. The first-order valence-electron chi connectivity index (χ1n) is 5.74. The van der Waals surface area contributed by atoms with Gasteiger partial charge >= 0.3 is 0 Å². The minimum absolute atomic E-state index is 0.138. The molecule has 0 saturated carbocycles. The lowest BCUT2D eigenvalue weighted by Gasteiger charge is -2.11. The molecule has 0 fully saturated rings. The molecule has 0 radical (unpaired) electrons. The average molecular weight is 277 g/mol. The first-order valence-corrected chi connectivity index (χ1v) is 7.22. The van der Waals surface area contributed by atoms with Crippen molar-refractivity contribution in [3.8, 4) is 0 Å². The number of hydrogen-bond donors (Lipinski definition) is 2. The molecule has 6 heteroatoms. The summed E-state index contributed by atoms with van der Waals surface area (Å²) in [6, 6.07) is 8.58. The van der Waals surface area contributed by atoms with Gasteiger partial charge in [-0.3, -0.25) is 4.98 Å². The molecule has 0 bridgehead atoms. The maximum atomic E-state index is 12.2. The molecular formula is C13H15N3O2S. The van der Waals surface area contributed by atoms with Crippen molar-refractivity contribution in [3.05, 3.63) is 53.9 Å². The van der Waals surface area contributed by atoms with Crippen molar-refractivity contribution < 1.29 is 8.42 Å². The van der Waals surface area contributed by atoms with Crippen LogP contribution in [0.5, 0.6) is 0 Å². The van der Waals surface area contributed by atoms with Crippen molar-refractivity contribution in [2.75, 3.05) is 5.73 Å². The monoisotopic (exact) mass is 277 g/mol. The Morgan fingerprint density at radius 3 is 2.68 bits per heavy atom. The fourth-order valence-corrected chi connectivity index (χ4v) is 3.17. The lowest BCUT2D eigenvalue weighted by molar-refractivity contribution is 0.581. The van der Waals surface area contributed by atoms with Gasteiger partial charge in [0.05, 0.1) is 5.69 Å². The smallest absolute Gasteiger partial charge is 0.243 e. The molecule has 0 aliphatic rings. The van der Waals surface area contributed by atoms with Gasteiger partial charge in [0.2, 0.25) is 10.0 Å². The van der Waals surface area contributed by atoms with E-state index in [0.717, 1.165) is 5.56 Å². The summed E-state index contributed by atoms with van der Waals surface area (Å²) in [4.78, 5) is 4.07. The van der Waals surface area contributed by atoms with Crippen LogP contribution < -0.4 is 10.5 Å². The number of aromatic nitrogens is 1. The third kappa shape index (κ3) is 3.10. The number of nitrogens with two attached hydrogens (primary N) is 1. The molecule has 100 valence electrons. The van der Waals surface area contributed by atoms with Crippen LogP contribution in [0.4, 0.5) is 5.69 Å². The third-order valence-electron chi connectivity index (χ3n) is 2.70. The molecule has 0 spiro atoms. The van der Waals surface area contributed by atoms with Gasteiger partial charge in [-0.05, 0) is 30.2 Å². The minimum atomic E-state index is -3.62. The Morgan fingerprint density at radius 1 is 1.26 bits per heavy atom. The fraction of sp³-hybridized carbons (Fsp3) is 0.154.